The monoisotopic (exact) mass is 526 g/mol. The smallest absolute Gasteiger partial charge is 0.175 e. The molecule has 0 unspecified atom stereocenters. The van der Waals surface area contributed by atoms with Crippen molar-refractivity contribution in [3.8, 4) is 11.5 Å². The number of benzene rings is 3. The number of rotatable bonds is 8. The molecule has 1 N–H and O–H groups in total. The van der Waals surface area contributed by atoms with Gasteiger partial charge in [-0.2, -0.15) is 5.10 Å². The van der Waals surface area contributed by atoms with Gasteiger partial charge in [-0.1, -0.05) is 59.1 Å². The summed E-state index contributed by atoms with van der Waals surface area (Å²) in [4.78, 5) is 0. The molecule has 0 bridgehead atoms. The zero-order valence-electron chi connectivity index (χ0n) is 16.0. The van der Waals surface area contributed by atoms with Crippen LogP contribution in [0, 0.1) is 0 Å². The van der Waals surface area contributed by atoms with Crippen molar-refractivity contribution in [2.75, 3.05) is 7.11 Å². The third-order valence-electron chi connectivity index (χ3n) is 4.20. The summed E-state index contributed by atoms with van der Waals surface area (Å²) in [6.07, 6.45) is 1.68. The number of nitrogens with zero attached hydrogens (tertiary/aromatic N) is 1. The Kier molecular flexibility index (Phi) is 8.28. The van der Waals surface area contributed by atoms with Gasteiger partial charge < -0.3 is 14.9 Å². The molecule has 8 heteroatoms. The summed E-state index contributed by atoms with van der Waals surface area (Å²) in [7, 11) is 1.59. The minimum absolute atomic E-state index is 0.322. The van der Waals surface area contributed by atoms with Crippen LogP contribution in [0.4, 0.5) is 0 Å². The minimum atomic E-state index is 0.322. The van der Waals surface area contributed by atoms with Crippen molar-refractivity contribution in [1.29, 1.82) is 0 Å². The third-order valence-corrected chi connectivity index (χ3v) is 5.87. The summed E-state index contributed by atoms with van der Waals surface area (Å²) in [5.41, 5.74) is 5.46. The Balaban J connectivity index is 1.68. The van der Waals surface area contributed by atoms with Gasteiger partial charge >= 0.3 is 0 Å². The average molecular weight is 529 g/mol. The molecule has 0 spiro atoms. The van der Waals surface area contributed by atoms with E-state index >= 15 is 0 Å². The van der Waals surface area contributed by atoms with Crippen LogP contribution in [0.5, 0.6) is 11.5 Å². The molecule has 0 atom stereocenters. The first kappa shape index (κ1) is 22.8. The van der Waals surface area contributed by atoms with Crippen molar-refractivity contribution in [2.24, 2.45) is 5.10 Å². The Hall–Kier alpha value is -1.92. The normalized spacial score (nSPS) is 11.0. The molecule has 0 saturated heterocycles. The van der Waals surface area contributed by atoms with E-state index in [1.807, 2.05) is 36.4 Å². The molecule has 0 aromatic heterocycles. The van der Waals surface area contributed by atoms with Gasteiger partial charge in [0.1, 0.15) is 6.61 Å². The SMILES string of the molecule is COc1cc(/C=N/NCc2c(Cl)cccc2Cl)cc(Br)c1OCc1ccccc1Cl. The van der Waals surface area contributed by atoms with Crippen molar-refractivity contribution in [2.45, 2.75) is 13.2 Å². The lowest BCUT2D eigenvalue weighted by Gasteiger charge is -2.14. The van der Waals surface area contributed by atoms with E-state index in [2.05, 4.69) is 26.5 Å². The standard InChI is InChI=1S/C22H18BrCl3N2O2/c1-29-21-10-14(11-27-28-12-16-19(25)7-4-8-20(16)26)9-17(23)22(21)30-13-15-5-2-3-6-18(15)24/h2-11,28H,12-13H2,1H3/b27-11+. The van der Waals surface area contributed by atoms with E-state index < -0.39 is 0 Å². The fourth-order valence-corrected chi connectivity index (χ4v) is 3.96. The van der Waals surface area contributed by atoms with Crippen molar-refractivity contribution in [3.63, 3.8) is 0 Å². The molecule has 30 heavy (non-hydrogen) atoms. The second-order valence-electron chi connectivity index (χ2n) is 6.21. The van der Waals surface area contributed by atoms with Crippen LogP contribution in [-0.2, 0) is 13.2 Å². The minimum Gasteiger partial charge on any atom is -0.493 e. The van der Waals surface area contributed by atoms with Gasteiger partial charge in [0.05, 0.1) is 24.3 Å². The van der Waals surface area contributed by atoms with Crippen molar-refractivity contribution in [1.82, 2.24) is 5.43 Å². The largest absolute Gasteiger partial charge is 0.493 e. The zero-order valence-corrected chi connectivity index (χ0v) is 19.8. The van der Waals surface area contributed by atoms with Crippen LogP contribution in [-0.4, -0.2) is 13.3 Å². The molecule has 0 saturated carbocycles. The molecule has 0 aliphatic heterocycles. The second-order valence-corrected chi connectivity index (χ2v) is 8.28. The quantitative estimate of drug-likeness (QED) is 0.250. The van der Waals surface area contributed by atoms with Crippen LogP contribution in [0.3, 0.4) is 0 Å². The Morgan fingerprint density at radius 1 is 1.00 bits per heavy atom. The van der Waals surface area contributed by atoms with E-state index in [0.717, 1.165) is 21.2 Å². The number of hydrogen-bond acceptors (Lipinski definition) is 4. The highest BCUT2D eigenvalue weighted by Gasteiger charge is 2.12. The number of ether oxygens (including phenoxy) is 2. The van der Waals surface area contributed by atoms with E-state index in [-0.39, 0.29) is 0 Å². The highest BCUT2D eigenvalue weighted by atomic mass is 79.9. The number of halogens is 4. The summed E-state index contributed by atoms with van der Waals surface area (Å²) in [6.45, 7) is 0.731. The van der Waals surface area contributed by atoms with Crippen LogP contribution in [0.15, 0.2) is 64.2 Å². The number of methoxy groups -OCH3 is 1. The van der Waals surface area contributed by atoms with Gasteiger partial charge in [-0.05, 0) is 51.8 Å². The van der Waals surface area contributed by atoms with E-state index in [4.69, 9.17) is 44.3 Å². The van der Waals surface area contributed by atoms with E-state index in [1.54, 1.807) is 31.5 Å². The molecule has 156 valence electrons. The van der Waals surface area contributed by atoms with Gasteiger partial charge in [-0.3, -0.25) is 0 Å². The Morgan fingerprint density at radius 3 is 2.40 bits per heavy atom. The predicted molar refractivity (Wildman–Crippen MR) is 127 cm³/mol. The molecule has 3 aromatic rings. The fourth-order valence-electron chi connectivity index (χ4n) is 2.67. The van der Waals surface area contributed by atoms with Gasteiger partial charge in [-0.25, -0.2) is 0 Å². The van der Waals surface area contributed by atoms with Crippen molar-refractivity contribution in [3.05, 3.63) is 90.8 Å². The lowest BCUT2D eigenvalue weighted by molar-refractivity contribution is 0.282. The van der Waals surface area contributed by atoms with E-state index in [0.29, 0.717) is 39.7 Å². The summed E-state index contributed by atoms with van der Waals surface area (Å²) < 4.78 is 12.2. The highest BCUT2D eigenvalue weighted by molar-refractivity contribution is 9.10. The van der Waals surface area contributed by atoms with Crippen LogP contribution < -0.4 is 14.9 Å². The van der Waals surface area contributed by atoms with Crippen LogP contribution in [0.25, 0.3) is 0 Å². The highest BCUT2D eigenvalue weighted by Crippen LogP contribution is 2.37. The molecule has 0 radical (unpaired) electrons. The first-order valence-corrected chi connectivity index (χ1v) is 10.8. The summed E-state index contributed by atoms with van der Waals surface area (Å²) in [6, 6.07) is 16.6. The van der Waals surface area contributed by atoms with Crippen LogP contribution >= 0.6 is 50.7 Å². The molecule has 0 amide bonds. The first-order valence-electron chi connectivity index (χ1n) is 8.92. The molecule has 0 fully saturated rings. The first-order chi connectivity index (χ1) is 14.5. The predicted octanol–water partition coefficient (Wildman–Crippen LogP) is 7.12. The maximum absolute atomic E-state index is 6.20. The average Bonchev–Trinajstić information content (AvgIpc) is 2.73. The third kappa shape index (κ3) is 5.82. The Labute approximate surface area is 198 Å². The molecule has 0 heterocycles. The van der Waals surface area contributed by atoms with Crippen molar-refractivity contribution >= 4 is 56.9 Å². The Morgan fingerprint density at radius 2 is 1.70 bits per heavy atom. The zero-order chi connectivity index (χ0) is 21.5. The molecule has 4 nitrogen and oxygen atoms in total. The van der Waals surface area contributed by atoms with Crippen LogP contribution in [0.2, 0.25) is 15.1 Å². The maximum Gasteiger partial charge on any atom is 0.175 e. The van der Waals surface area contributed by atoms with Crippen molar-refractivity contribution < 1.29 is 9.47 Å². The molecular formula is C22H18BrCl3N2O2. The van der Waals surface area contributed by atoms with Gasteiger partial charge in [-0.15, -0.1) is 0 Å². The lowest BCUT2D eigenvalue weighted by Crippen LogP contribution is -2.07. The summed E-state index contributed by atoms with van der Waals surface area (Å²) >= 11 is 22.1. The lowest BCUT2D eigenvalue weighted by atomic mass is 10.2. The molecule has 0 aliphatic carbocycles. The fraction of sp³-hybridized carbons (Fsp3) is 0.136. The molecule has 3 aromatic carbocycles. The van der Waals surface area contributed by atoms with Gasteiger partial charge in [0.15, 0.2) is 11.5 Å². The number of nitrogens with one attached hydrogen (secondary N) is 1. The maximum atomic E-state index is 6.20. The van der Waals surface area contributed by atoms with Gasteiger partial charge in [0.2, 0.25) is 0 Å². The molecular weight excluding hydrogens is 511 g/mol. The van der Waals surface area contributed by atoms with E-state index in [9.17, 15) is 0 Å². The second kappa shape index (κ2) is 10.9. The summed E-state index contributed by atoms with van der Waals surface area (Å²) in [5.74, 6) is 1.16. The van der Waals surface area contributed by atoms with Crippen LogP contribution in [0.1, 0.15) is 16.7 Å². The topological polar surface area (TPSA) is 42.8 Å². The number of hydrogen-bond donors (Lipinski definition) is 1. The van der Waals surface area contributed by atoms with Gasteiger partial charge in [0.25, 0.3) is 0 Å². The molecule has 0 aliphatic rings. The molecule has 3 rings (SSSR count). The van der Waals surface area contributed by atoms with E-state index in [1.165, 1.54) is 0 Å². The summed E-state index contributed by atoms with van der Waals surface area (Å²) in [5, 5.41) is 6.08. The van der Waals surface area contributed by atoms with Gasteiger partial charge in [0, 0.05) is 26.2 Å². The Bertz CT molecular complexity index is 1040. The number of hydrazone groups is 1.